The van der Waals surface area contributed by atoms with Crippen molar-refractivity contribution in [1.29, 1.82) is 0 Å². The van der Waals surface area contributed by atoms with Gasteiger partial charge in [0.1, 0.15) is 5.75 Å². The predicted molar refractivity (Wildman–Crippen MR) is 93.5 cm³/mol. The minimum Gasteiger partial charge on any atom is -0.497 e. The first kappa shape index (κ1) is 16.3. The van der Waals surface area contributed by atoms with Crippen LogP contribution in [0.5, 0.6) is 5.75 Å². The van der Waals surface area contributed by atoms with Gasteiger partial charge in [-0.1, -0.05) is 25.5 Å². The first-order valence-electron chi connectivity index (χ1n) is 7.41. The molecule has 0 atom stereocenters. The lowest BCUT2D eigenvalue weighted by Crippen LogP contribution is -2.28. The standard InChI is InChI=1S/C16H22N4OS/c1-3-4-8-17-16(22)19-14-10-18-20(12-14)11-13-6-5-7-15(9-13)21-2/h5-7,9-10,12H,3-4,8,11H2,1-2H3,(H2,17,19,22). The summed E-state index contributed by atoms with van der Waals surface area (Å²) in [5, 5.41) is 11.3. The van der Waals surface area contributed by atoms with Crippen LogP contribution < -0.4 is 15.4 Å². The molecular formula is C16H22N4OS. The number of benzene rings is 1. The maximum atomic E-state index is 5.25. The highest BCUT2D eigenvalue weighted by molar-refractivity contribution is 7.80. The van der Waals surface area contributed by atoms with E-state index in [2.05, 4.69) is 22.7 Å². The summed E-state index contributed by atoms with van der Waals surface area (Å²) in [7, 11) is 1.67. The average molecular weight is 318 g/mol. The number of nitrogens with zero attached hydrogens (tertiary/aromatic N) is 2. The Balaban J connectivity index is 1.89. The van der Waals surface area contributed by atoms with E-state index in [0.29, 0.717) is 11.7 Å². The Morgan fingerprint density at radius 1 is 1.41 bits per heavy atom. The minimum atomic E-state index is 0.634. The molecule has 5 nitrogen and oxygen atoms in total. The molecule has 0 saturated heterocycles. The topological polar surface area (TPSA) is 51.1 Å². The van der Waals surface area contributed by atoms with E-state index in [1.54, 1.807) is 13.3 Å². The number of nitrogens with one attached hydrogen (secondary N) is 2. The summed E-state index contributed by atoms with van der Waals surface area (Å²) in [5.74, 6) is 0.851. The molecule has 0 aliphatic rings. The SMILES string of the molecule is CCCCNC(=S)Nc1cnn(Cc2cccc(OC)c2)c1. The van der Waals surface area contributed by atoms with Crippen molar-refractivity contribution in [1.82, 2.24) is 15.1 Å². The summed E-state index contributed by atoms with van der Waals surface area (Å²) < 4.78 is 7.10. The molecule has 2 N–H and O–H groups in total. The van der Waals surface area contributed by atoms with Crippen molar-refractivity contribution in [3.63, 3.8) is 0 Å². The Hall–Kier alpha value is -2.08. The lowest BCUT2D eigenvalue weighted by atomic mass is 10.2. The molecule has 0 amide bonds. The van der Waals surface area contributed by atoms with Crippen molar-refractivity contribution < 1.29 is 4.74 Å². The van der Waals surface area contributed by atoms with Crippen LogP contribution in [-0.2, 0) is 6.54 Å². The van der Waals surface area contributed by atoms with Crippen LogP contribution in [0.2, 0.25) is 0 Å². The maximum absolute atomic E-state index is 5.25. The third-order valence-corrected chi connectivity index (χ3v) is 3.43. The molecule has 0 bridgehead atoms. The zero-order chi connectivity index (χ0) is 15.8. The molecule has 2 rings (SSSR count). The number of rotatable bonds is 7. The van der Waals surface area contributed by atoms with E-state index in [1.807, 2.05) is 35.1 Å². The molecule has 0 radical (unpaired) electrons. The summed E-state index contributed by atoms with van der Waals surface area (Å²) >= 11 is 5.25. The molecule has 1 heterocycles. The van der Waals surface area contributed by atoms with Gasteiger partial charge in [-0.3, -0.25) is 4.68 Å². The molecule has 118 valence electrons. The highest BCUT2D eigenvalue weighted by Crippen LogP contribution is 2.14. The normalized spacial score (nSPS) is 10.3. The molecule has 0 aliphatic heterocycles. The van der Waals surface area contributed by atoms with Gasteiger partial charge in [0.25, 0.3) is 0 Å². The first-order valence-corrected chi connectivity index (χ1v) is 7.82. The molecule has 22 heavy (non-hydrogen) atoms. The van der Waals surface area contributed by atoms with Crippen LogP contribution in [0.4, 0.5) is 5.69 Å². The van der Waals surface area contributed by atoms with E-state index >= 15 is 0 Å². The smallest absolute Gasteiger partial charge is 0.170 e. The minimum absolute atomic E-state index is 0.634. The molecule has 2 aromatic rings. The van der Waals surface area contributed by atoms with Crippen LogP contribution in [0.15, 0.2) is 36.7 Å². The summed E-state index contributed by atoms with van der Waals surface area (Å²) in [6.45, 7) is 3.73. The van der Waals surface area contributed by atoms with E-state index in [-0.39, 0.29) is 0 Å². The number of hydrogen-bond donors (Lipinski definition) is 2. The number of ether oxygens (including phenoxy) is 1. The van der Waals surface area contributed by atoms with Crippen molar-refractivity contribution in [2.24, 2.45) is 0 Å². The Labute approximate surface area is 136 Å². The van der Waals surface area contributed by atoms with Gasteiger partial charge in [0.15, 0.2) is 5.11 Å². The van der Waals surface area contributed by atoms with Gasteiger partial charge in [0, 0.05) is 12.7 Å². The highest BCUT2D eigenvalue weighted by Gasteiger charge is 2.02. The van der Waals surface area contributed by atoms with E-state index < -0.39 is 0 Å². The Kier molecular flexibility index (Phi) is 6.21. The predicted octanol–water partition coefficient (Wildman–Crippen LogP) is 3.03. The molecule has 1 aromatic heterocycles. The van der Waals surface area contributed by atoms with Crippen LogP contribution in [0.25, 0.3) is 0 Å². The van der Waals surface area contributed by atoms with Gasteiger partial charge in [-0.2, -0.15) is 5.10 Å². The Morgan fingerprint density at radius 3 is 3.05 bits per heavy atom. The van der Waals surface area contributed by atoms with Gasteiger partial charge in [0.2, 0.25) is 0 Å². The summed E-state index contributed by atoms with van der Waals surface area (Å²) in [6.07, 6.45) is 5.96. The van der Waals surface area contributed by atoms with E-state index in [1.165, 1.54) is 0 Å². The summed E-state index contributed by atoms with van der Waals surface area (Å²) in [5.41, 5.74) is 2.02. The molecule has 0 spiro atoms. The second kappa shape index (κ2) is 8.38. The van der Waals surface area contributed by atoms with Gasteiger partial charge in [0.05, 0.1) is 25.5 Å². The van der Waals surface area contributed by atoms with Crippen LogP contribution in [-0.4, -0.2) is 28.5 Å². The molecule has 0 unspecified atom stereocenters. The fourth-order valence-electron chi connectivity index (χ4n) is 2.03. The van der Waals surface area contributed by atoms with Crippen LogP contribution >= 0.6 is 12.2 Å². The second-order valence-electron chi connectivity index (χ2n) is 5.01. The molecule has 0 aliphatic carbocycles. The fraction of sp³-hybridized carbons (Fsp3) is 0.375. The molecule has 6 heteroatoms. The zero-order valence-electron chi connectivity index (χ0n) is 13.0. The number of unbranched alkanes of at least 4 members (excludes halogenated alkanes) is 1. The number of hydrogen-bond acceptors (Lipinski definition) is 3. The third-order valence-electron chi connectivity index (χ3n) is 3.19. The van der Waals surface area contributed by atoms with Gasteiger partial charge in [-0.05, 0) is 36.3 Å². The number of aromatic nitrogens is 2. The lowest BCUT2D eigenvalue weighted by Gasteiger charge is -2.08. The van der Waals surface area contributed by atoms with Crippen molar-refractivity contribution in [3.8, 4) is 5.75 Å². The zero-order valence-corrected chi connectivity index (χ0v) is 13.8. The number of anilines is 1. The third kappa shape index (κ3) is 5.04. The molecule has 1 aromatic carbocycles. The number of methoxy groups -OCH3 is 1. The van der Waals surface area contributed by atoms with Crippen molar-refractivity contribution in [2.45, 2.75) is 26.3 Å². The maximum Gasteiger partial charge on any atom is 0.170 e. The van der Waals surface area contributed by atoms with Gasteiger partial charge in [-0.25, -0.2) is 0 Å². The average Bonchev–Trinajstić information content (AvgIpc) is 2.94. The fourth-order valence-corrected chi connectivity index (χ4v) is 2.25. The van der Waals surface area contributed by atoms with Crippen LogP contribution in [0, 0.1) is 0 Å². The van der Waals surface area contributed by atoms with Gasteiger partial charge < -0.3 is 15.4 Å². The van der Waals surface area contributed by atoms with Crippen LogP contribution in [0.3, 0.4) is 0 Å². The van der Waals surface area contributed by atoms with E-state index in [9.17, 15) is 0 Å². The number of thiocarbonyl (C=S) groups is 1. The van der Waals surface area contributed by atoms with Gasteiger partial charge in [-0.15, -0.1) is 0 Å². The Bertz CT molecular complexity index is 612. The quantitative estimate of drug-likeness (QED) is 0.607. The van der Waals surface area contributed by atoms with Crippen molar-refractivity contribution in [3.05, 3.63) is 42.2 Å². The van der Waals surface area contributed by atoms with E-state index in [4.69, 9.17) is 17.0 Å². The molecule has 0 fully saturated rings. The highest BCUT2D eigenvalue weighted by atomic mass is 32.1. The summed E-state index contributed by atoms with van der Waals surface area (Å²) in [6, 6.07) is 7.96. The monoisotopic (exact) mass is 318 g/mol. The summed E-state index contributed by atoms with van der Waals surface area (Å²) in [4.78, 5) is 0. The second-order valence-corrected chi connectivity index (χ2v) is 5.42. The molecular weight excluding hydrogens is 296 g/mol. The first-order chi connectivity index (χ1) is 10.7. The largest absolute Gasteiger partial charge is 0.497 e. The van der Waals surface area contributed by atoms with Crippen molar-refractivity contribution in [2.75, 3.05) is 19.0 Å². The van der Waals surface area contributed by atoms with Crippen molar-refractivity contribution >= 4 is 23.0 Å². The van der Waals surface area contributed by atoms with E-state index in [0.717, 1.165) is 36.4 Å². The van der Waals surface area contributed by atoms with Crippen LogP contribution in [0.1, 0.15) is 25.3 Å². The Morgan fingerprint density at radius 2 is 2.27 bits per heavy atom. The molecule has 0 saturated carbocycles. The lowest BCUT2D eigenvalue weighted by molar-refractivity contribution is 0.414. The van der Waals surface area contributed by atoms with Gasteiger partial charge >= 0.3 is 0 Å².